The van der Waals surface area contributed by atoms with Crippen LogP contribution in [-0.4, -0.2) is 24.8 Å². The monoisotopic (exact) mass is 559 g/mol. The van der Waals surface area contributed by atoms with E-state index in [1.54, 1.807) is 23.9 Å². The summed E-state index contributed by atoms with van der Waals surface area (Å²) in [6.07, 6.45) is 4.22. The van der Waals surface area contributed by atoms with E-state index in [1.807, 2.05) is 60.7 Å². The third kappa shape index (κ3) is 6.67. The average Bonchev–Trinajstić information content (AvgIpc) is 3.09. The van der Waals surface area contributed by atoms with Gasteiger partial charge in [-0.05, 0) is 59.2 Å². The van der Waals surface area contributed by atoms with Gasteiger partial charge >= 0.3 is 0 Å². The summed E-state index contributed by atoms with van der Waals surface area (Å²) < 4.78 is 0. The lowest BCUT2D eigenvalue weighted by Crippen LogP contribution is -2.26. The summed E-state index contributed by atoms with van der Waals surface area (Å²) in [6.45, 7) is 2.09. The van der Waals surface area contributed by atoms with Gasteiger partial charge in [0.05, 0.1) is 18.2 Å². The van der Waals surface area contributed by atoms with Gasteiger partial charge in [0.25, 0.3) is 0 Å². The van der Waals surface area contributed by atoms with Crippen molar-refractivity contribution in [3.8, 4) is 0 Å². The van der Waals surface area contributed by atoms with Crippen molar-refractivity contribution in [1.82, 2.24) is 0 Å². The third-order valence-electron chi connectivity index (χ3n) is 6.12. The Morgan fingerprint density at radius 1 is 0.921 bits per heavy atom. The SMILES string of the molecule is Cl.O=C([O-])c1ccc(CN2CCN=C(/C=C/c3ccccc3Sc3ccc(Cl)cc3)c3ccccc32)cc1. The van der Waals surface area contributed by atoms with Gasteiger partial charge in [0.1, 0.15) is 0 Å². The number of rotatable bonds is 7. The first-order valence-electron chi connectivity index (χ1n) is 12.0. The maximum Gasteiger partial charge on any atom is 0.0715 e. The number of carboxylic acid groups (broad SMARTS) is 1. The summed E-state index contributed by atoms with van der Waals surface area (Å²) in [4.78, 5) is 20.6. The quantitative estimate of drug-likeness (QED) is 0.250. The number of hydrogen-bond acceptors (Lipinski definition) is 5. The second-order valence-corrected chi connectivity index (χ2v) is 10.2. The number of benzodiazepines with no additional fused rings is 1. The summed E-state index contributed by atoms with van der Waals surface area (Å²) in [7, 11) is 0. The zero-order chi connectivity index (χ0) is 25.6. The molecule has 192 valence electrons. The lowest BCUT2D eigenvalue weighted by atomic mass is 10.0. The number of carbonyl (C=O) groups excluding carboxylic acids is 1. The smallest absolute Gasteiger partial charge is 0.0715 e. The number of halogens is 2. The fourth-order valence-corrected chi connectivity index (χ4v) is 5.30. The van der Waals surface area contributed by atoms with Crippen molar-refractivity contribution in [2.45, 2.75) is 16.3 Å². The molecule has 0 unspecified atom stereocenters. The van der Waals surface area contributed by atoms with Crippen LogP contribution in [0.4, 0.5) is 5.69 Å². The highest BCUT2D eigenvalue weighted by Crippen LogP contribution is 2.32. The maximum absolute atomic E-state index is 11.1. The lowest BCUT2D eigenvalue weighted by Gasteiger charge is -2.25. The van der Waals surface area contributed by atoms with Crippen LogP contribution < -0.4 is 10.0 Å². The summed E-state index contributed by atoms with van der Waals surface area (Å²) in [5.41, 5.74) is 5.47. The van der Waals surface area contributed by atoms with E-state index in [1.165, 1.54) is 0 Å². The van der Waals surface area contributed by atoms with Crippen LogP contribution >= 0.6 is 35.8 Å². The second kappa shape index (κ2) is 12.8. The third-order valence-corrected chi connectivity index (χ3v) is 7.47. The molecule has 0 atom stereocenters. The van der Waals surface area contributed by atoms with Gasteiger partial charge in [0, 0.05) is 39.2 Å². The largest absolute Gasteiger partial charge is 0.545 e. The van der Waals surface area contributed by atoms with E-state index in [0.717, 1.165) is 49.4 Å². The molecule has 0 bridgehead atoms. The molecular weight excluding hydrogens is 535 g/mol. The first-order valence-corrected chi connectivity index (χ1v) is 13.2. The molecule has 0 aliphatic carbocycles. The molecule has 0 N–H and O–H groups in total. The van der Waals surface area contributed by atoms with Crippen molar-refractivity contribution in [2.24, 2.45) is 4.99 Å². The Labute approximate surface area is 238 Å². The van der Waals surface area contributed by atoms with E-state index < -0.39 is 5.97 Å². The topological polar surface area (TPSA) is 55.7 Å². The van der Waals surface area contributed by atoms with Crippen LogP contribution in [0.5, 0.6) is 0 Å². The predicted molar refractivity (Wildman–Crippen MR) is 158 cm³/mol. The maximum atomic E-state index is 11.1. The van der Waals surface area contributed by atoms with E-state index in [4.69, 9.17) is 16.6 Å². The van der Waals surface area contributed by atoms with E-state index in [9.17, 15) is 9.90 Å². The molecule has 1 aliphatic rings. The van der Waals surface area contributed by atoms with E-state index in [-0.39, 0.29) is 18.0 Å². The summed E-state index contributed by atoms with van der Waals surface area (Å²) in [5, 5.41) is 11.8. The normalized spacial score (nSPS) is 12.9. The molecule has 0 saturated carbocycles. The summed E-state index contributed by atoms with van der Waals surface area (Å²) in [6, 6.07) is 31.4. The van der Waals surface area contributed by atoms with Crippen LogP contribution in [0.3, 0.4) is 0 Å². The van der Waals surface area contributed by atoms with Crippen LogP contribution in [0.1, 0.15) is 27.0 Å². The number of nitrogens with zero attached hydrogens (tertiary/aromatic N) is 2. The molecule has 0 spiro atoms. The van der Waals surface area contributed by atoms with Crippen LogP contribution in [-0.2, 0) is 6.54 Å². The Morgan fingerprint density at radius 2 is 1.63 bits per heavy atom. The first-order chi connectivity index (χ1) is 18.1. The molecule has 0 radical (unpaired) electrons. The standard InChI is InChI=1S/C31H25ClN2O2S.ClH/c32-25-14-16-26(17-15-25)37-30-8-4-1-5-23(30)13-18-28-27-6-2-3-7-29(27)34(20-19-33-28)21-22-9-11-24(12-10-22)31(35)36;/h1-18H,19-21H2,(H,35,36);1H/p-1/b18-13+;. The molecule has 0 fully saturated rings. The highest BCUT2D eigenvalue weighted by molar-refractivity contribution is 7.99. The molecule has 4 aromatic carbocycles. The number of carboxylic acids is 1. The van der Waals surface area contributed by atoms with Gasteiger partial charge in [-0.2, -0.15) is 0 Å². The second-order valence-electron chi connectivity index (χ2n) is 8.62. The fourth-order valence-electron chi connectivity index (χ4n) is 4.25. The molecule has 4 aromatic rings. The molecule has 4 nitrogen and oxygen atoms in total. The summed E-state index contributed by atoms with van der Waals surface area (Å²) in [5.74, 6) is -1.16. The van der Waals surface area contributed by atoms with E-state index in [0.29, 0.717) is 13.1 Å². The van der Waals surface area contributed by atoms with Gasteiger partial charge in [-0.3, -0.25) is 4.99 Å². The molecule has 0 amide bonds. The number of anilines is 1. The Hall–Kier alpha value is -3.51. The van der Waals surface area contributed by atoms with Crippen LogP contribution in [0, 0.1) is 0 Å². The van der Waals surface area contributed by atoms with Gasteiger partial charge in [0.2, 0.25) is 0 Å². The molecule has 0 saturated heterocycles. The fraction of sp³-hybridized carbons (Fsp3) is 0.0968. The number of allylic oxidation sites excluding steroid dienone is 1. The Kier molecular flexibility index (Phi) is 9.29. The van der Waals surface area contributed by atoms with Crippen molar-refractivity contribution in [1.29, 1.82) is 0 Å². The van der Waals surface area contributed by atoms with E-state index in [2.05, 4.69) is 41.3 Å². The number of fused-ring (bicyclic) bond motifs is 1. The minimum absolute atomic E-state index is 0. The van der Waals surface area contributed by atoms with Crippen molar-refractivity contribution in [2.75, 3.05) is 18.0 Å². The predicted octanol–water partition coefficient (Wildman–Crippen LogP) is 6.80. The first kappa shape index (κ1) is 27.5. The molecule has 0 aromatic heterocycles. The highest BCUT2D eigenvalue weighted by atomic mass is 35.5. The molecule has 1 aliphatic heterocycles. The van der Waals surface area contributed by atoms with Gasteiger partial charge in [0.15, 0.2) is 0 Å². The number of aromatic carboxylic acids is 1. The van der Waals surface area contributed by atoms with Crippen LogP contribution in [0.25, 0.3) is 6.08 Å². The number of aliphatic imine (C=N–C) groups is 1. The van der Waals surface area contributed by atoms with Crippen LogP contribution in [0.2, 0.25) is 5.02 Å². The minimum atomic E-state index is -1.16. The van der Waals surface area contributed by atoms with E-state index >= 15 is 0 Å². The Morgan fingerprint density at radius 3 is 2.39 bits per heavy atom. The molecule has 38 heavy (non-hydrogen) atoms. The number of benzene rings is 4. The number of para-hydroxylation sites is 1. The average molecular weight is 561 g/mol. The van der Waals surface area contributed by atoms with Crippen molar-refractivity contribution < 1.29 is 9.90 Å². The van der Waals surface area contributed by atoms with Gasteiger partial charge in [-0.25, -0.2) is 0 Å². The highest BCUT2D eigenvalue weighted by Gasteiger charge is 2.17. The van der Waals surface area contributed by atoms with Crippen LogP contribution in [0.15, 0.2) is 118 Å². The Balaban J connectivity index is 0.00000336. The van der Waals surface area contributed by atoms with Crippen molar-refractivity contribution in [3.63, 3.8) is 0 Å². The van der Waals surface area contributed by atoms with Gasteiger partial charge in [-0.15, -0.1) is 12.4 Å². The number of hydrogen-bond donors (Lipinski definition) is 0. The molecule has 1 heterocycles. The van der Waals surface area contributed by atoms with Gasteiger partial charge < -0.3 is 14.8 Å². The van der Waals surface area contributed by atoms with Crippen molar-refractivity contribution in [3.05, 3.63) is 130 Å². The Bertz CT molecular complexity index is 1470. The number of carbonyl (C=O) groups is 1. The molecular formula is C31H25Cl2N2O2S-. The zero-order valence-corrected chi connectivity index (χ0v) is 22.8. The molecule has 5 rings (SSSR count). The zero-order valence-electron chi connectivity index (χ0n) is 20.4. The summed E-state index contributed by atoms with van der Waals surface area (Å²) >= 11 is 7.75. The van der Waals surface area contributed by atoms with Crippen molar-refractivity contribution >= 4 is 59.2 Å². The van der Waals surface area contributed by atoms with Gasteiger partial charge in [-0.1, -0.05) is 90.1 Å². The minimum Gasteiger partial charge on any atom is -0.545 e. The molecule has 7 heteroatoms. The lowest BCUT2D eigenvalue weighted by molar-refractivity contribution is -0.255.